The minimum Gasteiger partial charge on any atom is -0.292 e. The number of benzene rings is 10. The minimum atomic E-state index is 0.925. The van der Waals surface area contributed by atoms with Gasteiger partial charge >= 0.3 is 0 Å². The van der Waals surface area contributed by atoms with Crippen molar-refractivity contribution in [2.45, 2.75) is 13.8 Å². The summed E-state index contributed by atoms with van der Waals surface area (Å²) in [4.78, 5) is 10.4. The van der Waals surface area contributed by atoms with Crippen molar-refractivity contribution in [1.29, 1.82) is 0 Å². The number of hydrogen-bond donors (Lipinski definition) is 0. The first-order valence-electron chi connectivity index (χ1n) is 21.9. The third kappa shape index (κ3) is 6.30. The highest BCUT2D eigenvalue weighted by Crippen LogP contribution is 2.46. The molecular formula is C60H42N4. The summed E-state index contributed by atoms with van der Waals surface area (Å²) in [7, 11) is 0. The smallest absolute Gasteiger partial charge is 0.145 e. The van der Waals surface area contributed by atoms with Crippen molar-refractivity contribution < 1.29 is 0 Å². The van der Waals surface area contributed by atoms with Gasteiger partial charge < -0.3 is 0 Å². The molecule has 12 aromatic rings. The first kappa shape index (κ1) is 37.4. The van der Waals surface area contributed by atoms with E-state index in [0.29, 0.717) is 0 Å². The lowest BCUT2D eigenvalue weighted by atomic mass is 9.84. The van der Waals surface area contributed by atoms with E-state index in [0.717, 1.165) is 67.3 Å². The Morgan fingerprint density at radius 3 is 1.20 bits per heavy atom. The Kier molecular flexibility index (Phi) is 8.91. The van der Waals surface area contributed by atoms with Crippen LogP contribution in [0.5, 0.6) is 0 Å². The van der Waals surface area contributed by atoms with Gasteiger partial charge in [0, 0.05) is 22.5 Å². The summed E-state index contributed by atoms with van der Waals surface area (Å²) < 4.78 is 4.63. The maximum absolute atomic E-state index is 5.23. The molecule has 2 heterocycles. The third-order valence-electron chi connectivity index (χ3n) is 12.6. The Balaban J connectivity index is 1.08. The first-order valence-corrected chi connectivity index (χ1v) is 21.9. The monoisotopic (exact) mass is 818 g/mol. The molecule has 0 bridgehead atoms. The van der Waals surface area contributed by atoms with Crippen molar-refractivity contribution in [2.24, 2.45) is 0 Å². The minimum absolute atomic E-state index is 0.925. The predicted octanol–water partition coefficient (Wildman–Crippen LogP) is 15.6. The molecule has 0 spiro atoms. The van der Waals surface area contributed by atoms with Gasteiger partial charge in [0.25, 0.3) is 0 Å². The molecule has 0 radical (unpaired) electrons. The number of aryl methyl sites for hydroxylation is 2. The van der Waals surface area contributed by atoms with Crippen LogP contribution in [-0.4, -0.2) is 19.1 Å². The quantitative estimate of drug-likeness (QED) is 0.150. The standard InChI is InChI=1S/C60H42N4/c1-39-23-33-53-55(35-39)63(59(61-53)44-19-11-5-12-20-44)47-28-25-41(26-29-47)46-27-31-49-51(37-46)57(42-15-7-3-8-16-42)50-32-30-48(38-52(50)58(49)43-17-9-4-10-18-43)64-56-36-40(2)24-34-54(56)62-60(64)45-21-13-6-14-22-45/h3-38H,1-2H3. The van der Waals surface area contributed by atoms with E-state index in [1.165, 1.54) is 54.9 Å². The number of rotatable bonds is 7. The molecule has 10 aromatic carbocycles. The van der Waals surface area contributed by atoms with E-state index in [9.17, 15) is 0 Å². The molecule has 2 aromatic heterocycles. The molecule has 0 saturated carbocycles. The normalized spacial score (nSPS) is 11.6. The summed E-state index contributed by atoms with van der Waals surface area (Å²) in [6.07, 6.45) is 0. The molecule has 0 fully saturated rings. The van der Waals surface area contributed by atoms with E-state index >= 15 is 0 Å². The molecule has 0 unspecified atom stereocenters. The van der Waals surface area contributed by atoms with Crippen molar-refractivity contribution in [1.82, 2.24) is 19.1 Å². The summed E-state index contributed by atoms with van der Waals surface area (Å²) in [6.45, 7) is 4.29. The average Bonchev–Trinajstić information content (AvgIpc) is 3.92. The van der Waals surface area contributed by atoms with Crippen LogP contribution in [0.15, 0.2) is 218 Å². The van der Waals surface area contributed by atoms with Crippen LogP contribution < -0.4 is 0 Å². The summed E-state index contributed by atoms with van der Waals surface area (Å²) in [6, 6.07) is 78.8. The van der Waals surface area contributed by atoms with Crippen LogP contribution in [0.2, 0.25) is 0 Å². The fraction of sp³-hybridized carbons (Fsp3) is 0.0333. The van der Waals surface area contributed by atoms with Crippen molar-refractivity contribution in [3.63, 3.8) is 0 Å². The van der Waals surface area contributed by atoms with Gasteiger partial charge in [-0.1, -0.05) is 164 Å². The Hall–Kier alpha value is -8.34. The van der Waals surface area contributed by atoms with Crippen molar-refractivity contribution in [3.8, 4) is 67.5 Å². The summed E-state index contributed by atoms with van der Waals surface area (Å²) >= 11 is 0. The molecule has 0 aliphatic carbocycles. The Bertz CT molecular complexity index is 3700. The molecule has 0 aliphatic rings. The Morgan fingerprint density at radius 1 is 0.297 bits per heavy atom. The van der Waals surface area contributed by atoms with Crippen LogP contribution in [0.25, 0.3) is 111 Å². The molecule has 0 saturated heterocycles. The van der Waals surface area contributed by atoms with Gasteiger partial charge in [-0.3, -0.25) is 9.13 Å². The highest BCUT2D eigenvalue weighted by molar-refractivity contribution is 6.22. The second-order valence-electron chi connectivity index (χ2n) is 16.8. The lowest BCUT2D eigenvalue weighted by Gasteiger charge is -2.20. The van der Waals surface area contributed by atoms with Gasteiger partial charge in [0.2, 0.25) is 0 Å². The lowest BCUT2D eigenvalue weighted by Crippen LogP contribution is -1.99. The van der Waals surface area contributed by atoms with Gasteiger partial charge in [-0.25, -0.2) is 9.97 Å². The van der Waals surface area contributed by atoms with E-state index in [2.05, 4.69) is 241 Å². The maximum Gasteiger partial charge on any atom is 0.145 e. The number of imidazole rings is 2. The second kappa shape index (κ2) is 15.2. The fourth-order valence-electron chi connectivity index (χ4n) is 9.62. The number of hydrogen-bond acceptors (Lipinski definition) is 2. The zero-order valence-corrected chi connectivity index (χ0v) is 35.6. The van der Waals surface area contributed by atoms with Crippen molar-refractivity contribution >= 4 is 43.6 Å². The van der Waals surface area contributed by atoms with E-state index in [-0.39, 0.29) is 0 Å². The average molecular weight is 819 g/mol. The molecule has 64 heavy (non-hydrogen) atoms. The van der Waals surface area contributed by atoms with Crippen LogP contribution >= 0.6 is 0 Å². The van der Waals surface area contributed by atoms with Gasteiger partial charge in [-0.05, 0) is 134 Å². The lowest BCUT2D eigenvalue weighted by molar-refractivity contribution is 1.10. The maximum atomic E-state index is 5.23. The number of fused-ring (bicyclic) bond motifs is 4. The summed E-state index contributed by atoms with van der Waals surface area (Å²) in [5, 5.41) is 4.81. The SMILES string of the molecule is Cc1ccc2nc(-c3ccccc3)n(-c3ccc(-c4ccc5c(-c6ccccc6)c6cc(-n7c(-c8ccccc8)nc8ccc(C)cc87)ccc6c(-c6ccccc6)c5c4)cc3)c2c1. The molecule has 302 valence electrons. The van der Waals surface area contributed by atoms with Crippen LogP contribution in [0.3, 0.4) is 0 Å². The highest BCUT2D eigenvalue weighted by atomic mass is 15.1. The van der Waals surface area contributed by atoms with Gasteiger partial charge in [0.05, 0.1) is 22.1 Å². The predicted molar refractivity (Wildman–Crippen MR) is 267 cm³/mol. The van der Waals surface area contributed by atoms with Crippen LogP contribution in [0, 0.1) is 13.8 Å². The first-order chi connectivity index (χ1) is 31.6. The zero-order chi connectivity index (χ0) is 42.7. The Labute approximate surface area is 372 Å². The van der Waals surface area contributed by atoms with Gasteiger partial charge in [0.1, 0.15) is 11.6 Å². The van der Waals surface area contributed by atoms with E-state index in [1.807, 2.05) is 0 Å². The van der Waals surface area contributed by atoms with E-state index in [1.54, 1.807) is 0 Å². The van der Waals surface area contributed by atoms with Crippen LogP contribution in [0.4, 0.5) is 0 Å². The molecule has 0 N–H and O–H groups in total. The van der Waals surface area contributed by atoms with Crippen LogP contribution in [0.1, 0.15) is 11.1 Å². The molecule has 4 nitrogen and oxygen atoms in total. The van der Waals surface area contributed by atoms with E-state index in [4.69, 9.17) is 9.97 Å². The molecule has 0 amide bonds. The fourth-order valence-corrected chi connectivity index (χ4v) is 9.62. The van der Waals surface area contributed by atoms with Gasteiger partial charge in [0.15, 0.2) is 0 Å². The summed E-state index contributed by atoms with van der Waals surface area (Å²) in [5.41, 5.74) is 18.0. The largest absolute Gasteiger partial charge is 0.292 e. The highest BCUT2D eigenvalue weighted by Gasteiger charge is 2.21. The zero-order valence-electron chi connectivity index (χ0n) is 35.6. The van der Waals surface area contributed by atoms with Crippen LogP contribution in [-0.2, 0) is 0 Å². The second-order valence-corrected chi connectivity index (χ2v) is 16.8. The summed E-state index contributed by atoms with van der Waals surface area (Å²) in [5.74, 6) is 1.86. The molecule has 0 aliphatic heterocycles. The number of nitrogens with zero attached hydrogens (tertiary/aromatic N) is 4. The van der Waals surface area contributed by atoms with Gasteiger partial charge in [-0.15, -0.1) is 0 Å². The molecule has 4 heteroatoms. The topological polar surface area (TPSA) is 35.6 Å². The van der Waals surface area contributed by atoms with Crippen molar-refractivity contribution in [3.05, 3.63) is 230 Å². The molecular weight excluding hydrogens is 777 g/mol. The Morgan fingerprint density at radius 2 is 0.703 bits per heavy atom. The molecule has 12 rings (SSSR count). The third-order valence-corrected chi connectivity index (χ3v) is 12.6. The van der Waals surface area contributed by atoms with Crippen molar-refractivity contribution in [2.75, 3.05) is 0 Å². The van der Waals surface area contributed by atoms with Gasteiger partial charge in [-0.2, -0.15) is 0 Å². The molecule has 0 atom stereocenters. The number of aromatic nitrogens is 4. The van der Waals surface area contributed by atoms with E-state index < -0.39 is 0 Å².